The first-order valence-corrected chi connectivity index (χ1v) is 13.3. The van der Waals surface area contributed by atoms with Crippen LogP contribution in [0, 0.1) is 6.92 Å². The molecule has 0 saturated carbocycles. The molecule has 0 spiro atoms. The molecule has 3 aromatic carbocycles. The van der Waals surface area contributed by atoms with Crippen LogP contribution in [0.4, 0.5) is 36.3 Å². The molecular formula is C29H23F6N3O4S. The molecule has 2 amide bonds. The van der Waals surface area contributed by atoms with Gasteiger partial charge in [0.2, 0.25) is 0 Å². The number of carbonyl (C=O) groups is 2. The summed E-state index contributed by atoms with van der Waals surface area (Å²) < 4.78 is 87.1. The van der Waals surface area contributed by atoms with Gasteiger partial charge in [-0.05, 0) is 47.9 Å². The minimum Gasteiger partial charge on any atom is -0.406 e. The second-order valence-corrected chi connectivity index (χ2v) is 10.3. The van der Waals surface area contributed by atoms with Crippen molar-refractivity contribution >= 4 is 28.3 Å². The number of anilines is 1. The first kappa shape index (κ1) is 31.3. The Morgan fingerprint density at radius 3 is 1.81 bits per heavy atom. The zero-order valence-corrected chi connectivity index (χ0v) is 23.3. The normalized spacial score (nSPS) is 12.0. The highest BCUT2D eigenvalue weighted by molar-refractivity contribution is 7.17. The van der Waals surface area contributed by atoms with E-state index in [-0.39, 0.29) is 28.5 Å². The van der Waals surface area contributed by atoms with Gasteiger partial charge in [-0.1, -0.05) is 65.9 Å². The van der Waals surface area contributed by atoms with Crippen molar-refractivity contribution in [2.75, 3.05) is 5.32 Å². The lowest BCUT2D eigenvalue weighted by atomic mass is 9.77. The van der Waals surface area contributed by atoms with Gasteiger partial charge < -0.3 is 14.8 Å². The van der Waals surface area contributed by atoms with Gasteiger partial charge in [-0.2, -0.15) is 0 Å². The molecule has 226 valence electrons. The first-order chi connectivity index (χ1) is 20.1. The number of Topliss-reactive ketones (excluding diaryl/α,β-unsaturated/α-hetero) is 1. The lowest BCUT2D eigenvalue weighted by molar-refractivity contribution is -0.275. The van der Waals surface area contributed by atoms with E-state index in [4.69, 9.17) is 0 Å². The molecule has 0 aliphatic heterocycles. The van der Waals surface area contributed by atoms with E-state index in [0.29, 0.717) is 16.1 Å². The second-order valence-electron chi connectivity index (χ2n) is 9.29. The Hall–Kier alpha value is -4.59. The molecule has 43 heavy (non-hydrogen) atoms. The number of amides is 2. The van der Waals surface area contributed by atoms with E-state index in [9.17, 15) is 35.9 Å². The molecule has 1 aromatic heterocycles. The summed E-state index contributed by atoms with van der Waals surface area (Å²) in [5, 5.41) is 5.34. The summed E-state index contributed by atoms with van der Waals surface area (Å²) >= 11 is 0.913. The van der Waals surface area contributed by atoms with Crippen LogP contribution in [-0.2, 0) is 12.0 Å². The molecule has 2 N–H and O–H groups in total. The number of halogens is 6. The number of ketones is 1. The fraction of sp³-hybridized carbons (Fsp3) is 0.207. The highest BCUT2D eigenvalue weighted by atomic mass is 32.1. The predicted octanol–water partition coefficient (Wildman–Crippen LogP) is 7.76. The predicted molar refractivity (Wildman–Crippen MR) is 146 cm³/mol. The molecule has 0 saturated heterocycles. The summed E-state index contributed by atoms with van der Waals surface area (Å²) in [7, 11) is 0. The van der Waals surface area contributed by atoms with E-state index in [1.807, 2.05) is 0 Å². The number of ether oxygens (including phenoxy) is 2. The topological polar surface area (TPSA) is 89.6 Å². The molecular weight excluding hydrogens is 600 g/mol. The Morgan fingerprint density at radius 2 is 1.35 bits per heavy atom. The van der Waals surface area contributed by atoms with Gasteiger partial charge >= 0.3 is 18.8 Å². The molecule has 0 radical (unpaired) electrons. The minimum absolute atomic E-state index is 0.0529. The Balaban J connectivity index is 1.88. The van der Waals surface area contributed by atoms with Crippen molar-refractivity contribution in [2.24, 2.45) is 0 Å². The number of alkyl halides is 6. The molecule has 0 aliphatic carbocycles. The molecule has 0 aliphatic rings. The number of aryl methyl sites for hydroxylation is 1. The Kier molecular flexibility index (Phi) is 8.99. The summed E-state index contributed by atoms with van der Waals surface area (Å²) in [4.78, 5) is 29.9. The lowest BCUT2D eigenvalue weighted by Gasteiger charge is -2.37. The Morgan fingerprint density at radius 1 is 0.814 bits per heavy atom. The van der Waals surface area contributed by atoms with Crippen LogP contribution in [-0.4, -0.2) is 29.5 Å². The molecule has 0 bridgehead atoms. The molecule has 0 unspecified atom stereocenters. The van der Waals surface area contributed by atoms with E-state index in [2.05, 4.69) is 25.1 Å². The van der Waals surface area contributed by atoms with Crippen LogP contribution in [0.5, 0.6) is 11.5 Å². The van der Waals surface area contributed by atoms with Gasteiger partial charge in [0.05, 0.1) is 16.1 Å². The number of hydrogen-bond acceptors (Lipinski definition) is 6. The highest BCUT2D eigenvalue weighted by Gasteiger charge is 2.39. The maximum absolute atomic E-state index is 13.5. The number of carbonyl (C=O) groups excluding carboxylic acids is 2. The third kappa shape index (κ3) is 8.25. The van der Waals surface area contributed by atoms with Crippen molar-refractivity contribution < 1.29 is 45.4 Å². The van der Waals surface area contributed by atoms with Crippen molar-refractivity contribution in [3.8, 4) is 11.5 Å². The molecule has 4 aromatic rings. The smallest absolute Gasteiger partial charge is 0.406 e. The molecule has 4 rings (SSSR count). The van der Waals surface area contributed by atoms with Gasteiger partial charge in [0.15, 0.2) is 10.9 Å². The van der Waals surface area contributed by atoms with Crippen LogP contribution < -0.4 is 20.1 Å². The summed E-state index contributed by atoms with van der Waals surface area (Å²) in [6.07, 6.45) is -10.2. The number of rotatable bonds is 9. The van der Waals surface area contributed by atoms with Crippen molar-refractivity contribution in [1.82, 2.24) is 10.3 Å². The van der Waals surface area contributed by atoms with E-state index in [1.54, 1.807) is 37.3 Å². The first-order valence-electron chi connectivity index (χ1n) is 12.5. The quantitative estimate of drug-likeness (QED) is 0.147. The average Bonchev–Trinajstić information content (AvgIpc) is 3.27. The third-order valence-electron chi connectivity index (χ3n) is 6.10. The van der Waals surface area contributed by atoms with Gasteiger partial charge in [-0.15, -0.1) is 26.3 Å². The zero-order chi connectivity index (χ0) is 31.4. The second kappa shape index (κ2) is 12.3. The maximum Gasteiger partial charge on any atom is 0.573 e. The average molecular weight is 624 g/mol. The standard InChI is InChI=1S/C29H23F6N3O4S/c1-17-24(18(2)39)43-26(36-17)37-25(40)38-27(16-19-8-4-3-5-9-19,20-10-6-12-22(14-20)41-28(30,31)32)21-11-7-13-23(15-21)42-29(33,34)35/h3-15H,16H2,1-2H3,(H2,36,37,38,40). The monoisotopic (exact) mass is 623 g/mol. The fourth-order valence-electron chi connectivity index (χ4n) is 4.48. The lowest BCUT2D eigenvalue weighted by Crippen LogP contribution is -2.50. The molecule has 1 heterocycles. The summed E-state index contributed by atoms with van der Waals surface area (Å²) in [5.41, 5.74) is -0.723. The number of nitrogens with one attached hydrogen (secondary N) is 2. The van der Waals surface area contributed by atoms with E-state index in [0.717, 1.165) is 35.6 Å². The molecule has 14 heteroatoms. The van der Waals surface area contributed by atoms with Crippen molar-refractivity contribution in [3.05, 3.63) is 106 Å². The number of nitrogens with zero attached hydrogens (tertiary/aromatic N) is 1. The number of urea groups is 1. The van der Waals surface area contributed by atoms with Gasteiger partial charge in [0.1, 0.15) is 11.5 Å². The number of aromatic nitrogens is 1. The van der Waals surface area contributed by atoms with Gasteiger partial charge in [-0.3, -0.25) is 10.1 Å². The van der Waals surface area contributed by atoms with E-state index < -0.39 is 35.8 Å². The SMILES string of the molecule is CC(=O)c1sc(NC(=O)NC(Cc2ccccc2)(c2cccc(OC(F)(F)F)c2)c2cccc(OC(F)(F)F)c2)nc1C. The number of thiazole rings is 1. The zero-order valence-electron chi connectivity index (χ0n) is 22.5. The van der Waals surface area contributed by atoms with E-state index >= 15 is 0 Å². The number of benzene rings is 3. The van der Waals surface area contributed by atoms with Crippen LogP contribution in [0.15, 0.2) is 78.9 Å². The maximum atomic E-state index is 13.5. The van der Waals surface area contributed by atoms with Gasteiger partial charge in [0, 0.05) is 13.3 Å². The summed E-state index contributed by atoms with van der Waals surface area (Å²) in [6, 6.07) is 17.1. The largest absolute Gasteiger partial charge is 0.573 e. The Bertz CT molecular complexity index is 1550. The summed E-state index contributed by atoms with van der Waals surface area (Å²) in [6.45, 7) is 2.91. The van der Waals surface area contributed by atoms with Crippen LogP contribution in [0.2, 0.25) is 0 Å². The highest BCUT2D eigenvalue weighted by Crippen LogP contribution is 2.38. The van der Waals surface area contributed by atoms with Gasteiger partial charge in [-0.25, -0.2) is 9.78 Å². The molecule has 0 atom stereocenters. The fourth-order valence-corrected chi connectivity index (χ4v) is 5.33. The van der Waals surface area contributed by atoms with Gasteiger partial charge in [0.25, 0.3) is 0 Å². The molecule has 7 nitrogen and oxygen atoms in total. The third-order valence-corrected chi connectivity index (χ3v) is 7.27. The summed E-state index contributed by atoms with van der Waals surface area (Å²) in [5.74, 6) is -1.51. The van der Waals surface area contributed by atoms with Crippen molar-refractivity contribution in [2.45, 2.75) is 38.5 Å². The number of hydrogen-bond donors (Lipinski definition) is 2. The molecule has 0 fully saturated rings. The van der Waals surface area contributed by atoms with Crippen LogP contribution in [0.25, 0.3) is 0 Å². The van der Waals surface area contributed by atoms with Crippen molar-refractivity contribution in [1.29, 1.82) is 0 Å². The van der Waals surface area contributed by atoms with Crippen LogP contribution in [0.1, 0.15) is 39.0 Å². The Labute approximate surface area is 245 Å². The van der Waals surface area contributed by atoms with Crippen LogP contribution >= 0.6 is 11.3 Å². The van der Waals surface area contributed by atoms with Crippen molar-refractivity contribution in [3.63, 3.8) is 0 Å². The minimum atomic E-state index is -5.04. The van der Waals surface area contributed by atoms with E-state index in [1.165, 1.54) is 31.2 Å². The van der Waals surface area contributed by atoms with Crippen LogP contribution in [0.3, 0.4) is 0 Å².